The van der Waals surface area contributed by atoms with Crippen LogP contribution in [0.15, 0.2) is 23.2 Å². The van der Waals surface area contributed by atoms with Crippen molar-refractivity contribution in [1.29, 1.82) is 0 Å². The van der Waals surface area contributed by atoms with Gasteiger partial charge in [0.2, 0.25) is 0 Å². The van der Waals surface area contributed by atoms with Crippen molar-refractivity contribution in [3.8, 4) is 0 Å². The number of nitrogens with zero attached hydrogens (tertiary/aromatic N) is 2. The van der Waals surface area contributed by atoms with E-state index in [-0.39, 0.29) is 0 Å². The Balaban J connectivity index is 2.65. The van der Waals surface area contributed by atoms with E-state index < -0.39 is 0 Å². The predicted octanol–water partition coefficient (Wildman–Crippen LogP) is 2.15. The fourth-order valence-corrected chi connectivity index (χ4v) is 2.03. The lowest BCUT2D eigenvalue weighted by molar-refractivity contribution is 0.152. The molecule has 0 atom stereocenters. The normalized spacial score (nSPS) is 11.4. The van der Waals surface area contributed by atoms with Crippen LogP contribution in [0.3, 0.4) is 0 Å². The molecule has 1 rings (SSSR count). The fourth-order valence-electron chi connectivity index (χ4n) is 2.03. The third kappa shape index (κ3) is 6.35. The number of guanidine groups is 1. The molecule has 0 spiro atoms. The minimum absolute atomic E-state index is 0.670. The topological polar surface area (TPSA) is 48.9 Å². The molecule has 1 aromatic carbocycles. The molecule has 5 nitrogen and oxygen atoms in total. The first-order chi connectivity index (χ1) is 10.6. The van der Waals surface area contributed by atoms with Gasteiger partial charge in [-0.3, -0.25) is 0 Å². The summed E-state index contributed by atoms with van der Waals surface area (Å²) in [6, 6.07) is 6.48. The zero-order valence-electron chi connectivity index (χ0n) is 14.6. The van der Waals surface area contributed by atoms with Gasteiger partial charge in [0.25, 0.3) is 0 Å². The van der Waals surface area contributed by atoms with Gasteiger partial charge in [0.05, 0.1) is 13.2 Å². The van der Waals surface area contributed by atoms with Gasteiger partial charge in [-0.2, -0.15) is 0 Å². The Morgan fingerprint density at radius 2 is 2.00 bits per heavy atom. The number of hydrogen-bond donors (Lipinski definition) is 2. The van der Waals surface area contributed by atoms with Crippen LogP contribution in [0.2, 0.25) is 0 Å². The van der Waals surface area contributed by atoms with Crippen molar-refractivity contribution in [3.63, 3.8) is 0 Å². The van der Waals surface area contributed by atoms with E-state index in [1.807, 2.05) is 6.92 Å². The second kappa shape index (κ2) is 10.1. The lowest BCUT2D eigenvalue weighted by Gasteiger charge is -2.15. The first-order valence-electron chi connectivity index (χ1n) is 7.95. The molecular formula is C17H30N4O. The van der Waals surface area contributed by atoms with Crippen molar-refractivity contribution >= 4 is 11.6 Å². The Bertz CT molecular complexity index is 472. The van der Waals surface area contributed by atoms with Crippen LogP contribution >= 0.6 is 0 Å². The number of ether oxygens (including phenoxy) is 1. The summed E-state index contributed by atoms with van der Waals surface area (Å²) in [5, 5.41) is 6.53. The monoisotopic (exact) mass is 306 g/mol. The van der Waals surface area contributed by atoms with Crippen LogP contribution in [0.25, 0.3) is 0 Å². The molecule has 0 radical (unpaired) electrons. The van der Waals surface area contributed by atoms with E-state index in [1.54, 1.807) is 0 Å². The molecule has 1 aromatic rings. The average molecular weight is 306 g/mol. The minimum Gasteiger partial charge on any atom is -0.380 e. The molecule has 22 heavy (non-hydrogen) atoms. The lowest BCUT2D eigenvalue weighted by Crippen LogP contribution is -2.39. The van der Waals surface area contributed by atoms with Crippen LogP contribution in [0.5, 0.6) is 0 Å². The third-order valence-corrected chi connectivity index (χ3v) is 3.34. The highest BCUT2D eigenvalue weighted by atomic mass is 16.5. The summed E-state index contributed by atoms with van der Waals surface area (Å²) in [5.74, 6) is 0.832. The maximum Gasteiger partial charge on any atom is 0.191 e. The van der Waals surface area contributed by atoms with Crippen LogP contribution in [-0.2, 0) is 11.3 Å². The molecule has 2 N–H and O–H groups in total. The number of nitrogens with one attached hydrogen (secondary N) is 2. The van der Waals surface area contributed by atoms with Crippen LogP contribution in [0.1, 0.15) is 25.0 Å². The molecule has 0 saturated heterocycles. The van der Waals surface area contributed by atoms with E-state index in [1.165, 1.54) is 16.8 Å². The predicted molar refractivity (Wildman–Crippen MR) is 94.8 cm³/mol. The number of rotatable bonds is 8. The molecule has 0 aliphatic heterocycles. The van der Waals surface area contributed by atoms with Gasteiger partial charge in [-0.15, -0.1) is 0 Å². The molecule has 124 valence electrons. The van der Waals surface area contributed by atoms with Gasteiger partial charge in [0, 0.05) is 39.5 Å². The number of benzene rings is 1. The fraction of sp³-hybridized carbons (Fsp3) is 0.588. The molecule has 0 amide bonds. The molecule has 0 fully saturated rings. The van der Waals surface area contributed by atoms with E-state index in [2.05, 4.69) is 66.7 Å². The van der Waals surface area contributed by atoms with Gasteiger partial charge in [-0.05, 0) is 44.0 Å². The van der Waals surface area contributed by atoms with Crippen LogP contribution in [0, 0.1) is 6.92 Å². The Hall–Kier alpha value is -1.75. The zero-order chi connectivity index (χ0) is 16.4. The van der Waals surface area contributed by atoms with Crippen LogP contribution in [-0.4, -0.2) is 46.4 Å². The van der Waals surface area contributed by atoms with Gasteiger partial charge >= 0.3 is 0 Å². The summed E-state index contributed by atoms with van der Waals surface area (Å²) >= 11 is 0. The zero-order valence-corrected chi connectivity index (χ0v) is 14.6. The van der Waals surface area contributed by atoms with Crippen molar-refractivity contribution in [2.75, 3.05) is 45.3 Å². The molecule has 0 aromatic heterocycles. The summed E-state index contributed by atoms with van der Waals surface area (Å²) in [5.41, 5.74) is 3.72. The summed E-state index contributed by atoms with van der Waals surface area (Å²) in [6.45, 7) is 9.91. The second-order valence-corrected chi connectivity index (χ2v) is 5.32. The summed E-state index contributed by atoms with van der Waals surface area (Å²) in [4.78, 5) is 6.75. The van der Waals surface area contributed by atoms with Crippen molar-refractivity contribution in [1.82, 2.24) is 10.6 Å². The Kier molecular flexibility index (Phi) is 8.36. The average Bonchev–Trinajstić information content (AvgIpc) is 2.49. The number of anilines is 1. The van der Waals surface area contributed by atoms with E-state index in [9.17, 15) is 0 Å². The van der Waals surface area contributed by atoms with Gasteiger partial charge < -0.3 is 20.3 Å². The van der Waals surface area contributed by atoms with Crippen LogP contribution < -0.4 is 15.5 Å². The van der Waals surface area contributed by atoms with E-state index in [0.717, 1.165) is 25.7 Å². The van der Waals surface area contributed by atoms with Gasteiger partial charge in [0.15, 0.2) is 5.96 Å². The standard InChI is InChI=1S/C17H30N4O/c1-6-18-17(19-10-11-22-7-2)20-13-15-8-9-16(21(4)5)12-14(15)3/h8-9,12H,6-7,10-11,13H2,1-5H3,(H2,18,19,20). The smallest absolute Gasteiger partial charge is 0.191 e. The quantitative estimate of drug-likeness (QED) is 0.439. The number of aryl methyl sites for hydroxylation is 1. The molecular weight excluding hydrogens is 276 g/mol. The maximum absolute atomic E-state index is 5.33. The Morgan fingerprint density at radius 1 is 1.23 bits per heavy atom. The van der Waals surface area contributed by atoms with Gasteiger partial charge in [-0.25, -0.2) is 4.99 Å². The largest absolute Gasteiger partial charge is 0.380 e. The van der Waals surface area contributed by atoms with Gasteiger partial charge in [-0.1, -0.05) is 6.07 Å². The Morgan fingerprint density at radius 3 is 2.59 bits per heavy atom. The van der Waals surface area contributed by atoms with E-state index >= 15 is 0 Å². The molecule has 0 saturated carbocycles. The highest BCUT2D eigenvalue weighted by Gasteiger charge is 2.02. The minimum atomic E-state index is 0.670. The first kappa shape index (κ1) is 18.3. The SMILES string of the molecule is CCNC(=NCc1ccc(N(C)C)cc1C)NCCOCC. The third-order valence-electron chi connectivity index (χ3n) is 3.34. The number of hydrogen-bond acceptors (Lipinski definition) is 3. The molecule has 5 heteroatoms. The summed E-state index contributed by atoms with van der Waals surface area (Å²) in [7, 11) is 4.11. The molecule has 0 bridgehead atoms. The van der Waals surface area contributed by atoms with E-state index in [4.69, 9.17) is 4.74 Å². The highest BCUT2D eigenvalue weighted by molar-refractivity contribution is 5.79. The second-order valence-electron chi connectivity index (χ2n) is 5.32. The number of aliphatic imine (C=N–C) groups is 1. The van der Waals surface area contributed by atoms with Crippen molar-refractivity contribution < 1.29 is 4.74 Å². The van der Waals surface area contributed by atoms with Crippen molar-refractivity contribution in [3.05, 3.63) is 29.3 Å². The van der Waals surface area contributed by atoms with E-state index in [0.29, 0.717) is 13.2 Å². The Labute approximate surface area is 134 Å². The van der Waals surface area contributed by atoms with Crippen molar-refractivity contribution in [2.24, 2.45) is 4.99 Å². The van der Waals surface area contributed by atoms with Gasteiger partial charge in [0.1, 0.15) is 0 Å². The molecule has 0 heterocycles. The first-order valence-corrected chi connectivity index (χ1v) is 7.95. The molecule has 0 aliphatic carbocycles. The highest BCUT2D eigenvalue weighted by Crippen LogP contribution is 2.17. The molecule has 0 aliphatic rings. The summed E-state index contributed by atoms with van der Waals surface area (Å²) in [6.07, 6.45) is 0. The maximum atomic E-state index is 5.33. The molecule has 0 unspecified atom stereocenters. The lowest BCUT2D eigenvalue weighted by atomic mass is 10.1. The van der Waals surface area contributed by atoms with Crippen molar-refractivity contribution in [2.45, 2.75) is 27.3 Å². The van der Waals surface area contributed by atoms with Crippen LogP contribution in [0.4, 0.5) is 5.69 Å². The summed E-state index contributed by atoms with van der Waals surface area (Å²) < 4.78 is 5.33.